The summed E-state index contributed by atoms with van der Waals surface area (Å²) in [7, 11) is 0. The van der Waals surface area contributed by atoms with Crippen molar-refractivity contribution in [3.63, 3.8) is 0 Å². The molecule has 150 valence electrons. The minimum atomic E-state index is 0. The van der Waals surface area contributed by atoms with Crippen molar-refractivity contribution in [2.24, 2.45) is 0 Å². The van der Waals surface area contributed by atoms with Crippen molar-refractivity contribution in [3.8, 4) is 0 Å². The maximum atomic E-state index is 5.76. The third kappa shape index (κ3) is 12.6. The van der Waals surface area contributed by atoms with Crippen molar-refractivity contribution in [1.82, 2.24) is 5.32 Å². The Balaban J connectivity index is 0.00000364. The second kappa shape index (κ2) is 16.8. The summed E-state index contributed by atoms with van der Waals surface area (Å²) in [4.78, 5) is 0. The van der Waals surface area contributed by atoms with E-state index in [2.05, 4.69) is 66.0 Å². The van der Waals surface area contributed by atoms with E-state index in [4.69, 9.17) is 4.74 Å². The molecule has 2 aromatic carbocycles. The average Bonchev–Trinajstić information content (AvgIpc) is 2.70. The van der Waals surface area contributed by atoms with Crippen LogP contribution in [0.25, 0.3) is 0 Å². The highest BCUT2D eigenvalue weighted by Gasteiger charge is 1.95. The van der Waals surface area contributed by atoms with Crippen LogP contribution in [0.2, 0.25) is 0 Å². The lowest BCUT2D eigenvalue weighted by Gasteiger charge is -2.06. The van der Waals surface area contributed by atoms with Gasteiger partial charge in [0.05, 0.1) is 0 Å². The van der Waals surface area contributed by atoms with Crippen LogP contribution in [0.15, 0.2) is 60.7 Å². The van der Waals surface area contributed by atoms with E-state index in [0.717, 1.165) is 26.3 Å². The Morgan fingerprint density at radius 2 is 1.15 bits per heavy atom. The van der Waals surface area contributed by atoms with Gasteiger partial charge in [-0.1, -0.05) is 79.9 Å². The highest BCUT2D eigenvalue weighted by molar-refractivity contribution is 5.85. The number of hydrogen-bond donors (Lipinski definition) is 1. The topological polar surface area (TPSA) is 21.3 Å². The molecule has 0 spiro atoms. The summed E-state index contributed by atoms with van der Waals surface area (Å²) in [5.41, 5.74) is 2.82. The summed E-state index contributed by atoms with van der Waals surface area (Å²) in [6.45, 7) is 3.94. The highest BCUT2D eigenvalue weighted by atomic mass is 35.5. The molecule has 0 atom stereocenters. The van der Waals surface area contributed by atoms with Crippen molar-refractivity contribution >= 4 is 12.4 Å². The van der Waals surface area contributed by atoms with E-state index in [1.165, 1.54) is 62.5 Å². The minimum Gasteiger partial charge on any atom is -0.381 e. The lowest BCUT2D eigenvalue weighted by molar-refractivity contribution is 0.126. The van der Waals surface area contributed by atoms with Crippen molar-refractivity contribution in [2.75, 3.05) is 19.8 Å². The Kier molecular flexibility index (Phi) is 14.7. The molecule has 0 unspecified atom stereocenters. The molecule has 0 radical (unpaired) electrons. The fourth-order valence-electron chi connectivity index (χ4n) is 3.09. The number of unbranched alkanes of at least 4 members (excludes halogenated alkanes) is 5. The van der Waals surface area contributed by atoms with E-state index in [1.807, 2.05) is 0 Å². The normalized spacial score (nSPS) is 10.5. The van der Waals surface area contributed by atoms with Gasteiger partial charge in [0, 0.05) is 19.8 Å². The largest absolute Gasteiger partial charge is 0.381 e. The number of aryl methyl sites for hydroxylation is 1. The second-order valence-electron chi connectivity index (χ2n) is 6.99. The van der Waals surface area contributed by atoms with Crippen molar-refractivity contribution in [2.45, 2.75) is 57.9 Å². The highest BCUT2D eigenvalue weighted by Crippen LogP contribution is 2.07. The molecule has 0 aliphatic rings. The number of hydrogen-bond acceptors (Lipinski definition) is 2. The predicted octanol–water partition coefficient (Wildman–Crippen LogP) is 6.19. The van der Waals surface area contributed by atoms with Crippen molar-refractivity contribution < 1.29 is 4.74 Å². The van der Waals surface area contributed by atoms with Gasteiger partial charge >= 0.3 is 0 Å². The van der Waals surface area contributed by atoms with Crippen LogP contribution in [0.4, 0.5) is 0 Å². The fourth-order valence-corrected chi connectivity index (χ4v) is 3.09. The maximum absolute atomic E-state index is 5.76. The lowest BCUT2D eigenvalue weighted by atomic mass is 10.1. The molecule has 0 heterocycles. The summed E-state index contributed by atoms with van der Waals surface area (Å²) in [5.74, 6) is 0. The first-order valence-electron chi connectivity index (χ1n) is 10.3. The molecule has 0 saturated heterocycles. The van der Waals surface area contributed by atoms with Gasteiger partial charge in [-0.3, -0.25) is 0 Å². The lowest BCUT2D eigenvalue weighted by Crippen LogP contribution is -2.14. The van der Waals surface area contributed by atoms with E-state index in [-0.39, 0.29) is 12.4 Å². The summed E-state index contributed by atoms with van der Waals surface area (Å²) in [6, 6.07) is 21.4. The maximum Gasteiger partial charge on any atom is 0.0466 e. The summed E-state index contributed by atoms with van der Waals surface area (Å²) < 4.78 is 5.76. The van der Waals surface area contributed by atoms with Crippen LogP contribution in [-0.2, 0) is 17.7 Å². The summed E-state index contributed by atoms with van der Waals surface area (Å²) >= 11 is 0. The van der Waals surface area contributed by atoms with Crippen molar-refractivity contribution in [3.05, 3.63) is 71.8 Å². The van der Waals surface area contributed by atoms with Gasteiger partial charge < -0.3 is 10.1 Å². The Hall–Kier alpha value is -1.35. The van der Waals surface area contributed by atoms with Crippen LogP contribution < -0.4 is 5.32 Å². The molecule has 1 N–H and O–H groups in total. The van der Waals surface area contributed by atoms with Gasteiger partial charge in [-0.2, -0.15) is 0 Å². The van der Waals surface area contributed by atoms with Crippen LogP contribution in [0.1, 0.15) is 56.1 Å². The molecule has 3 heteroatoms. The number of halogens is 1. The van der Waals surface area contributed by atoms with Crippen LogP contribution in [0, 0.1) is 0 Å². The number of ether oxygens (including phenoxy) is 1. The molecular formula is C24H36ClNO. The Bertz CT molecular complexity index is 495. The minimum absolute atomic E-state index is 0. The molecule has 0 aliphatic carbocycles. The molecular weight excluding hydrogens is 354 g/mol. The molecule has 0 saturated carbocycles. The Morgan fingerprint density at radius 1 is 0.593 bits per heavy atom. The molecule has 0 aromatic heterocycles. The van der Waals surface area contributed by atoms with Gasteiger partial charge in [0.15, 0.2) is 0 Å². The predicted molar refractivity (Wildman–Crippen MR) is 119 cm³/mol. The first-order chi connectivity index (χ1) is 12.9. The van der Waals surface area contributed by atoms with Gasteiger partial charge in [0.2, 0.25) is 0 Å². The second-order valence-corrected chi connectivity index (χ2v) is 6.99. The third-order valence-corrected chi connectivity index (χ3v) is 4.66. The quantitative estimate of drug-likeness (QED) is 0.367. The van der Waals surface area contributed by atoms with E-state index in [0.29, 0.717) is 0 Å². The van der Waals surface area contributed by atoms with E-state index in [1.54, 1.807) is 0 Å². The van der Waals surface area contributed by atoms with Gasteiger partial charge in [0.1, 0.15) is 0 Å². The van der Waals surface area contributed by atoms with Crippen molar-refractivity contribution in [1.29, 1.82) is 0 Å². The molecule has 0 aliphatic heterocycles. The molecule has 0 bridgehead atoms. The smallest absolute Gasteiger partial charge is 0.0466 e. The van der Waals surface area contributed by atoms with Gasteiger partial charge in [-0.25, -0.2) is 0 Å². The standard InChI is InChI=1S/C24H35NO.ClH/c1(11-19-25-22-24-17-8-4-9-18-24)2-12-20-26-21-13-5-10-16-23-14-6-3-7-15-23;/h3-4,6-9,14-15,17-18,25H,1-2,5,10-13,16,19-22H2;1H. The first kappa shape index (κ1) is 23.7. The van der Waals surface area contributed by atoms with Crippen LogP contribution >= 0.6 is 12.4 Å². The third-order valence-electron chi connectivity index (χ3n) is 4.66. The summed E-state index contributed by atoms with van der Waals surface area (Å²) in [6.07, 6.45) is 9.94. The Morgan fingerprint density at radius 3 is 1.81 bits per heavy atom. The van der Waals surface area contributed by atoms with E-state index >= 15 is 0 Å². The van der Waals surface area contributed by atoms with Gasteiger partial charge in [-0.05, 0) is 49.8 Å². The average molecular weight is 390 g/mol. The van der Waals surface area contributed by atoms with Gasteiger partial charge in [0.25, 0.3) is 0 Å². The van der Waals surface area contributed by atoms with Crippen LogP contribution in [0.3, 0.4) is 0 Å². The zero-order valence-corrected chi connectivity index (χ0v) is 17.4. The SMILES string of the molecule is Cl.c1ccc(CCCCCOCCCCCCNCc2ccccc2)cc1. The fraction of sp³-hybridized carbons (Fsp3) is 0.500. The van der Waals surface area contributed by atoms with E-state index in [9.17, 15) is 0 Å². The number of benzene rings is 2. The van der Waals surface area contributed by atoms with E-state index < -0.39 is 0 Å². The molecule has 0 fully saturated rings. The molecule has 0 amide bonds. The van der Waals surface area contributed by atoms with Gasteiger partial charge in [-0.15, -0.1) is 12.4 Å². The monoisotopic (exact) mass is 389 g/mol. The first-order valence-corrected chi connectivity index (χ1v) is 10.3. The summed E-state index contributed by atoms with van der Waals surface area (Å²) in [5, 5.41) is 3.51. The molecule has 2 aromatic rings. The molecule has 2 nitrogen and oxygen atoms in total. The zero-order chi connectivity index (χ0) is 18.1. The van der Waals surface area contributed by atoms with Crippen LogP contribution in [0.5, 0.6) is 0 Å². The zero-order valence-electron chi connectivity index (χ0n) is 16.6. The molecule has 2 rings (SSSR count). The Labute approximate surface area is 172 Å². The number of rotatable bonds is 15. The van der Waals surface area contributed by atoms with Crippen LogP contribution in [-0.4, -0.2) is 19.8 Å². The number of nitrogens with one attached hydrogen (secondary N) is 1. The molecule has 27 heavy (non-hydrogen) atoms.